The molecule has 1 N–H and O–H groups in total. The molecular formula is C20H22Br2N2O2. The van der Waals surface area contributed by atoms with Gasteiger partial charge in [0.1, 0.15) is 18.5 Å². The van der Waals surface area contributed by atoms with Gasteiger partial charge < -0.3 is 14.8 Å². The van der Waals surface area contributed by atoms with E-state index >= 15 is 0 Å². The highest BCUT2D eigenvalue weighted by Crippen LogP contribution is 2.37. The number of rotatable bonds is 4. The lowest BCUT2D eigenvalue weighted by atomic mass is 9.95. The lowest BCUT2D eigenvalue weighted by Crippen LogP contribution is -2.51. The maximum absolute atomic E-state index is 6.37. The van der Waals surface area contributed by atoms with Gasteiger partial charge in [-0.1, -0.05) is 50.1 Å². The fraction of sp³-hybridized carbons (Fsp3) is 0.400. The SMILES string of the molecule is Brc1cc(Br)cc(COC2COc3ccccc3C2N2CCNCC2)c1. The van der Waals surface area contributed by atoms with Crippen LogP contribution in [-0.4, -0.2) is 43.8 Å². The summed E-state index contributed by atoms with van der Waals surface area (Å²) in [5, 5.41) is 3.44. The molecule has 6 heteroatoms. The molecule has 0 radical (unpaired) electrons. The van der Waals surface area contributed by atoms with Gasteiger partial charge in [-0.3, -0.25) is 4.90 Å². The Morgan fingerprint density at radius 3 is 2.58 bits per heavy atom. The summed E-state index contributed by atoms with van der Waals surface area (Å²) < 4.78 is 14.5. The molecule has 0 saturated carbocycles. The second-order valence-electron chi connectivity index (χ2n) is 6.71. The number of halogens is 2. The minimum absolute atomic E-state index is 0.0146. The van der Waals surface area contributed by atoms with E-state index in [-0.39, 0.29) is 12.1 Å². The smallest absolute Gasteiger partial charge is 0.124 e. The first-order chi connectivity index (χ1) is 12.7. The highest BCUT2D eigenvalue weighted by Gasteiger charge is 2.36. The molecule has 0 aliphatic carbocycles. The number of nitrogens with one attached hydrogen (secondary N) is 1. The number of ether oxygens (including phenoxy) is 2. The van der Waals surface area contributed by atoms with Crippen LogP contribution in [0.5, 0.6) is 5.75 Å². The molecule has 2 unspecified atom stereocenters. The molecule has 26 heavy (non-hydrogen) atoms. The lowest BCUT2D eigenvalue weighted by Gasteiger charge is -2.42. The molecule has 2 heterocycles. The van der Waals surface area contributed by atoms with Gasteiger partial charge in [0.25, 0.3) is 0 Å². The molecule has 0 amide bonds. The lowest BCUT2D eigenvalue weighted by molar-refractivity contribution is -0.0617. The van der Waals surface area contributed by atoms with E-state index in [4.69, 9.17) is 9.47 Å². The van der Waals surface area contributed by atoms with Crippen molar-refractivity contribution in [1.29, 1.82) is 0 Å². The molecule has 2 atom stereocenters. The number of nitrogens with zero attached hydrogens (tertiary/aromatic N) is 1. The molecule has 0 bridgehead atoms. The van der Waals surface area contributed by atoms with Crippen molar-refractivity contribution in [2.75, 3.05) is 32.8 Å². The van der Waals surface area contributed by atoms with Crippen LogP contribution in [0.1, 0.15) is 17.2 Å². The van der Waals surface area contributed by atoms with Crippen LogP contribution >= 0.6 is 31.9 Å². The number of fused-ring (bicyclic) bond motifs is 1. The Balaban J connectivity index is 1.55. The monoisotopic (exact) mass is 480 g/mol. The maximum atomic E-state index is 6.37. The number of para-hydroxylation sites is 1. The second-order valence-corrected chi connectivity index (χ2v) is 8.54. The summed E-state index contributed by atoms with van der Waals surface area (Å²) in [5.41, 5.74) is 2.38. The van der Waals surface area contributed by atoms with E-state index in [1.54, 1.807) is 0 Å². The molecule has 2 aromatic carbocycles. The van der Waals surface area contributed by atoms with Crippen LogP contribution in [0.3, 0.4) is 0 Å². The fourth-order valence-corrected chi connectivity index (χ4v) is 5.14. The molecule has 2 aromatic rings. The summed E-state index contributed by atoms with van der Waals surface area (Å²) in [6.45, 7) is 5.25. The van der Waals surface area contributed by atoms with Crippen LogP contribution in [0.2, 0.25) is 0 Å². The van der Waals surface area contributed by atoms with Crippen molar-refractivity contribution in [3.8, 4) is 5.75 Å². The van der Waals surface area contributed by atoms with Crippen molar-refractivity contribution >= 4 is 31.9 Å². The Morgan fingerprint density at radius 2 is 1.81 bits per heavy atom. The number of piperazine rings is 1. The largest absolute Gasteiger partial charge is 0.490 e. The summed E-state index contributed by atoms with van der Waals surface area (Å²) in [4.78, 5) is 2.53. The van der Waals surface area contributed by atoms with Crippen molar-refractivity contribution in [3.63, 3.8) is 0 Å². The second kappa shape index (κ2) is 8.40. The quantitative estimate of drug-likeness (QED) is 0.711. The van der Waals surface area contributed by atoms with Crippen molar-refractivity contribution in [1.82, 2.24) is 10.2 Å². The summed E-state index contributed by atoms with van der Waals surface area (Å²) in [7, 11) is 0. The standard InChI is InChI=1S/C20H22Br2N2O2/c21-15-9-14(10-16(22)11-15)12-25-19-13-26-18-4-2-1-3-17(18)20(19)24-7-5-23-6-8-24/h1-4,9-11,19-20,23H,5-8,12-13H2. The number of hydrogen-bond donors (Lipinski definition) is 1. The highest BCUT2D eigenvalue weighted by atomic mass is 79.9. The third-order valence-electron chi connectivity index (χ3n) is 4.92. The van der Waals surface area contributed by atoms with Crippen LogP contribution < -0.4 is 10.1 Å². The van der Waals surface area contributed by atoms with Gasteiger partial charge in [0.05, 0.1) is 12.6 Å². The highest BCUT2D eigenvalue weighted by molar-refractivity contribution is 9.11. The van der Waals surface area contributed by atoms with Gasteiger partial charge in [-0.15, -0.1) is 0 Å². The van der Waals surface area contributed by atoms with Gasteiger partial charge >= 0.3 is 0 Å². The molecule has 1 fully saturated rings. The number of hydrogen-bond acceptors (Lipinski definition) is 4. The Hall–Kier alpha value is -0.920. The van der Waals surface area contributed by atoms with Crippen LogP contribution in [-0.2, 0) is 11.3 Å². The molecule has 0 aromatic heterocycles. The van der Waals surface area contributed by atoms with Gasteiger partial charge in [0.15, 0.2) is 0 Å². The van der Waals surface area contributed by atoms with Gasteiger partial charge in [-0.05, 0) is 29.8 Å². The third kappa shape index (κ3) is 4.15. The average Bonchev–Trinajstić information content (AvgIpc) is 2.66. The van der Waals surface area contributed by atoms with E-state index in [9.17, 15) is 0 Å². The van der Waals surface area contributed by atoms with Crippen molar-refractivity contribution < 1.29 is 9.47 Å². The predicted octanol–water partition coefficient (Wildman–Crippen LogP) is 4.14. The minimum atomic E-state index is 0.0146. The maximum Gasteiger partial charge on any atom is 0.124 e. The van der Waals surface area contributed by atoms with Gasteiger partial charge in [0, 0.05) is 40.7 Å². The normalized spacial score (nSPS) is 23.3. The Bertz CT molecular complexity index is 745. The van der Waals surface area contributed by atoms with Crippen molar-refractivity contribution in [2.24, 2.45) is 0 Å². The summed E-state index contributed by atoms with van der Waals surface area (Å²) >= 11 is 7.10. The van der Waals surface area contributed by atoms with Gasteiger partial charge in [0.2, 0.25) is 0 Å². The van der Waals surface area contributed by atoms with Crippen LogP contribution in [0.15, 0.2) is 51.4 Å². The molecule has 138 valence electrons. The predicted molar refractivity (Wildman–Crippen MR) is 110 cm³/mol. The first kappa shape index (κ1) is 18.4. The van der Waals surface area contributed by atoms with E-state index in [1.165, 1.54) is 5.56 Å². The molecule has 1 saturated heterocycles. The van der Waals surface area contributed by atoms with Crippen LogP contribution in [0, 0.1) is 0 Å². The molecule has 2 aliphatic heterocycles. The first-order valence-corrected chi connectivity index (χ1v) is 10.5. The van der Waals surface area contributed by atoms with Crippen molar-refractivity contribution in [2.45, 2.75) is 18.8 Å². The van der Waals surface area contributed by atoms with Crippen molar-refractivity contribution in [3.05, 3.63) is 62.5 Å². The summed E-state index contributed by atoms with van der Waals surface area (Å²) in [6.07, 6.45) is 0.0146. The molecule has 4 nitrogen and oxygen atoms in total. The Morgan fingerprint density at radius 1 is 1.08 bits per heavy atom. The minimum Gasteiger partial charge on any atom is -0.490 e. The van der Waals surface area contributed by atoms with Gasteiger partial charge in [-0.25, -0.2) is 0 Å². The Labute approximate surface area is 171 Å². The van der Waals surface area contributed by atoms with Crippen LogP contribution in [0.4, 0.5) is 0 Å². The summed E-state index contributed by atoms with van der Waals surface area (Å²) in [6, 6.07) is 14.8. The summed E-state index contributed by atoms with van der Waals surface area (Å²) in [5.74, 6) is 0.987. The molecular weight excluding hydrogens is 460 g/mol. The Kier molecular flexibility index (Phi) is 5.96. The zero-order valence-corrected chi connectivity index (χ0v) is 17.6. The van der Waals surface area contributed by atoms with E-state index in [0.717, 1.165) is 46.4 Å². The zero-order chi connectivity index (χ0) is 17.9. The van der Waals surface area contributed by atoms with E-state index in [1.807, 2.05) is 12.1 Å². The first-order valence-electron chi connectivity index (χ1n) is 8.94. The van der Waals surface area contributed by atoms with E-state index in [2.05, 4.69) is 72.4 Å². The molecule has 4 rings (SSSR count). The molecule has 0 spiro atoms. The van der Waals surface area contributed by atoms with E-state index in [0.29, 0.717) is 13.2 Å². The van der Waals surface area contributed by atoms with Crippen LogP contribution in [0.25, 0.3) is 0 Å². The zero-order valence-electron chi connectivity index (χ0n) is 14.5. The number of benzene rings is 2. The third-order valence-corrected chi connectivity index (χ3v) is 5.84. The van der Waals surface area contributed by atoms with Gasteiger partial charge in [-0.2, -0.15) is 0 Å². The van der Waals surface area contributed by atoms with E-state index < -0.39 is 0 Å². The fourth-order valence-electron chi connectivity index (χ4n) is 3.75. The average molecular weight is 482 g/mol. The topological polar surface area (TPSA) is 33.7 Å². The molecule has 2 aliphatic rings.